The Kier molecular flexibility index (Phi) is 9.72. The zero-order valence-electron chi connectivity index (χ0n) is 5.44. The van der Waals surface area contributed by atoms with Gasteiger partial charge < -0.3 is 4.74 Å². The summed E-state index contributed by atoms with van der Waals surface area (Å²) in [6, 6.07) is 0. The molecule has 3 heteroatoms. The summed E-state index contributed by atoms with van der Waals surface area (Å²) in [5.41, 5.74) is 0. The van der Waals surface area contributed by atoms with Crippen molar-refractivity contribution in [2.24, 2.45) is 0 Å². The zero-order chi connectivity index (χ0) is 5.70. The van der Waals surface area contributed by atoms with Crippen LogP contribution in [0, 0.1) is 0 Å². The molecule has 0 aromatic carbocycles. The molecule has 2 nitrogen and oxygen atoms in total. The van der Waals surface area contributed by atoms with Crippen molar-refractivity contribution in [2.45, 2.75) is 19.8 Å². The van der Waals surface area contributed by atoms with Gasteiger partial charge in [-0.3, -0.25) is 4.79 Å². The number of esters is 1. The molecule has 0 aliphatic carbocycles. The van der Waals surface area contributed by atoms with E-state index in [1.165, 1.54) is 7.11 Å². The van der Waals surface area contributed by atoms with Crippen molar-refractivity contribution in [1.29, 1.82) is 0 Å². The maximum absolute atomic E-state index is 10.2. The maximum atomic E-state index is 10.2. The van der Waals surface area contributed by atoms with Crippen LogP contribution in [0.25, 0.3) is 0 Å². The van der Waals surface area contributed by atoms with Crippen molar-refractivity contribution in [1.82, 2.24) is 0 Å². The first-order valence-electron chi connectivity index (χ1n) is 2.38. The van der Waals surface area contributed by atoms with Gasteiger partial charge in [-0.2, -0.15) is 0 Å². The predicted octanol–water partition coefficient (Wildman–Crippen LogP) is 0.957. The molecule has 0 aromatic rings. The van der Waals surface area contributed by atoms with Gasteiger partial charge in [0.25, 0.3) is 0 Å². The van der Waals surface area contributed by atoms with E-state index in [0.29, 0.717) is 6.42 Å². The van der Waals surface area contributed by atoms with Crippen LogP contribution in [0.5, 0.6) is 0 Å². The molecule has 0 saturated heterocycles. The van der Waals surface area contributed by atoms with E-state index < -0.39 is 0 Å². The van der Waals surface area contributed by atoms with E-state index in [2.05, 4.69) is 4.74 Å². The third kappa shape index (κ3) is 6.09. The van der Waals surface area contributed by atoms with Crippen molar-refractivity contribution >= 4 is 5.97 Å². The number of carbonyl (C=O) groups is 1. The first-order chi connectivity index (χ1) is 3.31. The molecule has 44 valence electrons. The Morgan fingerprint density at radius 2 is 2.12 bits per heavy atom. The van der Waals surface area contributed by atoms with Crippen LogP contribution >= 0.6 is 0 Å². The van der Waals surface area contributed by atoms with Crippen LogP contribution in [0.4, 0.5) is 0 Å². The molecular formula is C5H10O2Zn. The largest absolute Gasteiger partial charge is 0.469 e. The molecule has 8 heavy (non-hydrogen) atoms. The van der Waals surface area contributed by atoms with Gasteiger partial charge in [0.05, 0.1) is 7.11 Å². The standard InChI is InChI=1S/C5H10O2.Zn/c1-3-4-5(6)7-2;/h3-4H2,1-2H3;. The molecule has 0 bridgehead atoms. The van der Waals surface area contributed by atoms with Crippen LogP contribution in [-0.4, -0.2) is 13.1 Å². The quantitative estimate of drug-likeness (QED) is 0.452. The van der Waals surface area contributed by atoms with Gasteiger partial charge >= 0.3 is 5.97 Å². The van der Waals surface area contributed by atoms with Crippen molar-refractivity contribution < 1.29 is 29.0 Å². The summed E-state index contributed by atoms with van der Waals surface area (Å²) < 4.78 is 4.35. The van der Waals surface area contributed by atoms with Crippen LogP contribution in [-0.2, 0) is 29.0 Å². The summed E-state index contributed by atoms with van der Waals surface area (Å²) in [5, 5.41) is 0. The third-order valence-electron chi connectivity index (χ3n) is 0.682. The van der Waals surface area contributed by atoms with Crippen molar-refractivity contribution in [3.05, 3.63) is 0 Å². The fourth-order valence-corrected chi connectivity index (χ4v) is 0.306. The van der Waals surface area contributed by atoms with E-state index in [0.717, 1.165) is 6.42 Å². The third-order valence-corrected chi connectivity index (χ3v) is 0.682. The predicted molar refractivity (Wildman–Crippen MR) is 26.9 cm³/mol. The van der Waals surface area contributed by atoms with Gasteiger partial charge in [0.1, 0.15) is 0 Å². The van der Waals surface area contributed by atoms with E-state index in [1.807, 2.05) is 6.92 Å². The first-order valence-corrected chi connectivity index (χ1v) is 2.38. The molecule has 0 heterocycles. The Hall–Kier alpha value is 0.0934. The Labute approximate surface area is 62.4 Å². The molecule has 0 unspecified atom stereocenters. The fraction of sp³-hybridized carbons (Fsp3) is 0.800. The van der Waals surface area contributed by atoms with Gasteiger partial charge in [-0.15, -0.1) is 0 Å². The summed E-state index contributed by atoms with van der Waals surface area (Å²) in [7, 11) is 1.40. The second-order valence-corrected chi connectivity index (χ2v) is 1.33. The minimum Gasteiger partial charge on any atom is -0.469 e. The second-order valence-electron chi connectivity index (χ2n) is 1.33. The number of rotatable bonds is 2. The topological polar surface area (TPSA) is 26.3 Å². The summed E-state index contributed by atoms with van der Waals surface area (Å²) in [5.74, 6) is -0.123. The molecule has 0 amide bonds. The summed E-state index contributed by atoms with van der Waals surface area (Å²) >= 11 is 0. The smallest absolute Gasteiger partial charge is 0.305 e. The van der Waals surface area contributed by atoms with Crippen LogP contribution in [0.15, 0.2) is 0 Å². The average molecular weight is 168 g/mol. The molecular weight excluding hydrogens is 157 g/mol. The van der Waals surface area contributed by atoms with Gasteiger partial charge in [0.2, 0.25) is 0 Å². The van der Waals surface area contributed by atoms with Gasteiger partial charge in [0.15, 0.2) is 0 Å². The van der Waals surface area contributed by atoms with Gasteiger partial charge in [0, 0.05) is 25.9 Å². The number of carbonyl (C=O) groups excluding carboxylic acids is 1. The zero-order valence-corrected chi connectivity index (χ0v) is 8.40. The minimum absolute atomic E-state index is 0. The minimum atomic E-state index is -0.123. The molecule has 0 aliphatic heterocycles. The van der Waals surface area contributed by atoms with Gasteiger partial charge in [-0.25, -0.2) is 0 Å². The monoisotopic (exact) mass is 166 g/mol. The van der Waals surface area contributed by atoms with E-state index in [4.69, 9.17) is 0 Å². The summed E-state index contributed by atoms with van der Waals surface area (Å²) in [4.78, 5) is 10.2. The van der Waals surface area contributed by atoms with Crippen LogP contribution in [0.2, 0.25) is 0 Å². The molecule has 0 N–H and O–H groups in total. The van der Waals surface area contributed by atoms with Gasteiger partial charge in [-0.05, 0) is 6.42 Å². The number of ether oxygens (including phenoxy) is 1. The first kappa shape index (κ1) is 11.0. The van der Waals surface area contributed by atoms with Crippen LogP contribution < -0.4 is 0 Å². The maximum Gasteiger partial charge on any atom is 0.305 e. The Morgan fingerprint density at radius 3 is 2.25 bits per heavy atom. The van der Waals surface area contributed by atoms with E-state index >= 15 is 0 Å². The normalized spacial score (nSPS) is 7.25. The summed E-state index contributed by atoms with van der Waals surface area (Å²) in [6.45, 7) is 1.94. The Morgan fingerprint density at radius 1 is 1.62 bits per heavy atom. The van der Waals surface area contributed by atoms with Crippen molar-refractivity contribution in [3.63, 3.8) is 0 Å². The molecule has 0 radical (unpaired) electrons. The molecule has 0 spiro atoms. The van der Waals surface area contributed by atoms with Crippen LogP contribution in [0.1, 0.15) is 19.8 Å². The van der Waals surface area contributed by atoms with Gasteiger partial charge in [-0.1, -0.05) is 6.92 Å². The molecule has 0 aromatic heterocycles. The second kappa shape index (κ2) is 7.09. The van der Waals surface area contributed by atoms with E-state index in [9.17, 15) is 4.79 Å². The van der Waals surface area contributed by atoms with E-state index in [-0.39, 0.29) is 25.4 Å². The molecule has 0 rings (SSSR count). The summed E-state index contributed by atoms with van der Waals surface area (Å²) in [6.07, 6.45) is 1.41. The van der Waals surface area contributed by atoms with Crippen LogP contribution in [0.3, 0.4) is 0 Å². The van der Waals surface area contributed by atoms with E-state index in [1.54, 1.807) is 0 Å². The number of methoxy groups -OCH3 is 1. The SMILES string of the molecule is CCCC(=O)OC.[Zn]. The molecule has 0 aliphatic rings. The molecule has 0 fully saturated rings. The molecule has 0 atom stereocenters. The van der Waals surface area contributed by atoms with Crippen molar-refractivity contribution in [3.8, 4) is 0 Å². The fourth-order valence-electron chi connectivity index (χ4n) is 0.306. The number of hydrogen-bond donors (Lipinski definition) is 0. The number of hydrogen-bond acceptors (Lipinski definition) is 2. The Balaban J connectivity index is 0. The Bertz CT molecular complexity index is 63.4. The van der Waals surface area contributed by atoms with Crippen molar-refractivity contribution in [2.75, 3.05) is 7.11 Å². The average Bonchev–Trinajstić information content (AvgIpc) is 1.68. The molecule has 0 saturated carbocycles.